The lowest BCUT2D eigenvalue weighted by molar-refractivity contribution is 0.122. The lowest BCUT2D eigenvalue weighted by Gasteiger charge is -2.28. The summed E-state index contributed by atoms with van der Waals surface area (Å²) in [6, 6.07) is 12.7. The van der Waals surface area contributed by atoms with Crippen molar-refractivity contribution in [1.82, 2.24) is 0 Å². The van der Waals surface area contributed by atoms with Gasteiger partial charge in [0.1, 0.15) is 0 Å². The molecule has 0 unspecified atom stereocenters. The van der Waals surface area contributed by atoms with Crippen LogP contribution in [0, 0.1) is 11.3 Å². The molecule has 1 saturated carbocycles. The predicted octanol–water partition coefficient (Wildman–Crippen LogP) is 4.23. The first-order valence-corrected chi connectivity index (χ1v) is 8.38. The molecule has 0 aliphatic heterocycles. The van der Waals surface area contributed by atoms with Crippen molar-refractivity contribution >= 4 is 11.3 Å². The topological polar surface area (TPSA) is 44.0 Å². The second kappa shape index (κ2) is 6.43. The highest BCUT2D eigenvalue weighted by Crippen LogP contribution is 2.37. The zero-order chi connectivity index (χ0) is 14.7. The van der Waals surface area contributed by atoms with Gasteiger partial charge >= 0.3 is 0 Å². The Labute approximate surface area is 129 Å². The number of hydrogen-bond acceptors (Lipinski definition) is 3. The molecular formula is C18H19NOS. The van der Waals surface area contributed by atoms with Crippen LogP contribution in [0.15, 0.2) is 35.7 Å². The van der Waals surface area contributed by atoms with E-state index in [0.717, 1.165) is 37.7 Å². The summed E-state index contributed by atoms with van der Waals surface area (Å²) < 4.78 is 0. The van der Waals surface area contributed by atoms with Gasteiger partial charge in [0, 0.05) is 11.3 Å². The first kappa shape index (κ1) is 14.3. The minimum Gasteiger partial charge on any atom is -0.393 e. The number of aliphatic hydroxyl groups excluding tert-OH is 1. The Bertz CT molecular complexity index is 634. The van der Waals surface area contributed by atoms with Crippen molar-refractivity contribution in [3.63, 3.8) is 0 Å². The number of benzene rings is 1. The monoisotopic (exact) mass is 297 g/mol. The molecule has 0 spiro atoms. The maximum atomic E-state index is 9.71. The van der Waals surface area contributed by atoms with Crippen LogP contribution in [0.25, 0.3) is 0 Å². The molecule has 1 fully saturated rings. The fourth-order valence-corrected chi connectivity index (χ4v) is 4.04. The number of nitriles is 1. The van der Waals surface area contributed by atoms with Gasteiger partial charge in [-0.15, -0.1) is 11.3 Å². The van der Waals surface area contributed by atoms with Crippen LogP contribution in [-0.4, -0.2) is 11.2 Å². The smallest absolute Gasteiger partial charge is 0.0994 e. The van der Waals surface area contributed by atoms with E-state index in [0.29, 0.717) is 5.92 Å². The van der Waals surface area contributed by atoms with Crippen LogP contribution in [-0.2, 0) is 6.42 Å². The highest BCUT2D eigenvalue weighted by Gasteiger charge is 2.25. The third-order valence-corrected chi connectivity index (χ3v) is 5.24. The lowest BCUT2D eigenvalue weighted by Crippen LogP contribution is -2.18. The average molecular weight is 297 g/mol. The van der Waals surface area contributed by atoms with E-state index in [4.69, 9.17) is 0 Å². The van der Waals surface area contributed by atoms with E-state index < -0.39 is 0 Å². The fourth-order valence-electron chi connectivity index (χ4n) is 3.31. The molecule has 21 heavy (non-hydrogen) atoms. The van der Waals surface area contributed by atoms with Gasteiger partial charge in [-0.25, -0.2) is 0 Å². The van der Waals surface area contributed by atoms with Gasteiger partial charge in [-0.05, 0) is 60.2 Å². The van der Waals surface area contributed by atoms with Crippen molar-refractivity contribution in [2.24, 2.45) is 0 Å². The minimum absolute atomic E-state index is 0.156. The van der Waals surface area contributed by atoms with Gasteiger partial charge in [0.15, 0.2) is 0 Å². The average Bonchev–Trinajstić information content (AvgIpc) is 3.01. The van der Waals surface area contributed by atoms with Crippen LogP contribution in [0.5, 0.6) is 0 Å². The number of thiophene rings is 1. The summed E-state index contributed by atoms with van der Waals surface area (Å²) >= 11 is 1.76. The van der Waals surface area contributed by atoms with E-state index in [-0.39, 0.29) is 6.10 Å². The SMILES string of the molecule is N#Cc1cccc(Cc2cccs2)c1C1CCC(O)CC1. The Hall–Kier alpha value is -1.63. The molecule has 3 heteroatoms. The van der Waals surface area contributed by atoms with Gasteiger partial charge in [-0.2, -0.15) is 5.26 Å². The summed E-state index contributed by atoms with van der Waals surface area (Å²) in [6.45, 7) is 0. The molecule has 3 rings (SSSR count). The van der Waals surface area contributed by atoms with Gasteiger partial charge in [0.25, 0.3) is 0 Å². The zero-order valence-corrected chi connectivity index (χ0v) is 12.8. The Morgan fingerprint density at radius 1 is 1.14 bits per heavy atom. The molecule has 0 amide bonds. The maximum absolute atomic E-state index is 9.71. The van der Waals surface area contributed by atoms with Crippen LogP contribution in [0.3, 0.4) is 0 Å². The minimum atomic E-state index is -0.156. The van der Waals surface area contributed by atoms with Crippen LogP contribution in [0.4, 0.5) is 0 Å². The third kappa shape index (κ3) is 3.18. The highest BCUT2D eigenvalue weighted by molar-refractivity contribution is 7.09. The van der Waals surface area contributed by atoms with Gasteiger partial charge in [-0.1, -0.05) is 18.2 Å². The third-order valence-electron chi connectivity index (χ3n) is 4.37. The summed E-state index contributed by atoms with van der Waals surface area (Å²) in [4.78, 5) is 1.34. The van der Waals surface area contributed by atoms with Gasteiger partial charge in [0.05, 0.1) is 17.7 Å². The van der Waals surface area contributed by atoms with E-state index in [9.17, 15) is 10.4 Å². The molecule has 1 N–H and O–H groups in total. The van der Waals surface area contributed by atoms with Crippen LogP contribution in [0.2, 0.25) is 0 Å². The number of nitrogens with zero attached hydrogens (tertiary/aromatic N) is 1. The van der Waals surface area contributed by atoms with Crippen molar-refractivity contribution < 1.29 is 5.11 Å². The predicted molar refractivity (Wildman–Crippen MR) is 85.5 cm³/mol. The van der Waals surface area contributed by atoms with E-state index >= 15 is 0 Å². The van der Waals surface area contributed by atoms with E-state index in [1.54, 1.807) is 11.3 Å². The van der Waals surface area contributed by atoms with Gasteiger partial charge in [-0.3, -0.25) is 0 Å². The normalized spacial score (nSPS) is 21.9. The van der Waals surface area contributed by atoms with Crippen molar-refractivity contribution in [3.8, 4) is 6.07 Å². The molecule has 108 valence electrons. The van der Waals surface area contributed by atoms with E-state index in [1.807, 2.05) is 12.1 Å². The molecular weight excluding hydrogens is 278 g/mol. The summed E-state index contributed by atoms with van der Waals surface area (Å²) in [6.07, 6.45) is 4.42. The van der Waals surface area contributed by atoms with Crippen LogP contribution >= 0.6 is 11.3 Å². The molecule has 1 aliphatic rings. The van der Waals surface area contributed by atoms with Crippen molar-refractivity contribution in [2.75, 3.05) is 0 Å². The molecule has 1 aliphatic carbocycles. The summed E-state index contributed by atoms with van der Waals surface area (Å²) in [5.74, 6) is 0.416. The molecule has 2 aromatic rings. The Morgan fingerprint density at radius 2 is 1.95 bits per heavy atom. The van der Waals surface area contributed by atoms with Crippen molar-refractivity contribution in [3.05, 3.63) is 57.3 Å². The molecule has 1 heterocycles. The quantitative estimate of drug-likeness (QED) is 0.921. The highest BCUT2D eigenvalue weighted by atomic mass is 32.1. The van der Waals surface area contributed by atoms with E-state index in [2.05, 4.69) is 29.6 Å². The number of rotatable bonds is 3. The molecule has 2 nitrogen and oxygen atoms in total. The largest absolute Gasteiger partial charge is 0.393 e. The lowest BCUT2D eigenvalue weighted by atomic mass is 9.78. The number of aliphatic hydroxyl groups is 1. The summed E-state index contributed by atoms with van der Waals surface area (Å²) in [7, 11) is 0. The fraction of sp³-hybridized carbons (Fsp3) is 0.389. The summed E-state index contributed by atoms with van der Waals surface area (Å²) in [5.41, 5.74) is 3.31. The first-order valence-electron chi connectivity index (χ1n) is 7.50. The molecule has 0 radical (unpaired) electrons. The molecule has 0 bridgehead atoms. The molecule has 0 atom stereocenters. The number of hydrogen-bond donors (Lipinski definition) is 1. The second-order valence-corrected chi connectivity index (χ2v) is 6.78. The molecule has 1 aromatic heterocycles. The maximum Gasteiger partial charge on any atom is 0.0994 e. The van der Waals surface area contributed by atoms with Crippen molar-refractivity contribution in [2.45, 2.75) is 44.1 Å². The Balaban J connectivity index is 1.94. The van der Waals surface area contributed by atoms with Crippen LogP contribution in [0.1, 0.15) is 53.2 Å². The summed E-state index contributed by atoms with van der Waals surface area (Å²) in [5, 5.41) is 21.3. The molecule has 0 saturated heterocycles. The first-order chi connectivity index (χ1) is 10.3. The van der Waals surface area contributed by atoms with Crippen molar-refractivity contribution in [1.29, 1.82) is 5.26 Å². The zero-order valence-electron chi connectivity index (χ0n) is 12.0. The molecule has 1 aromatic carbocycles. The second-order valence-electron chi connectivity index (χ2n) is 5.75. The Kier molecular flexibility index (Phi) is 4.38. The van der Waals surface area contributed by atoms with Crippen LogP contribution < -0.4 is 0 Å². The standard InChI is InChI=1S/C18H19NOS/c19-12-15-4-1-3-14(11-17-5-2-10-21-17)18(15)13-6-8-16(20)9-7-13/h1-5,10,13,16,20H,6-9,11H2. The van der Waals surface area contributed by atoms with Gasteiger partial charge in [0.2, 0.25) is 0 Å². The Morgan fingerprint density at radius 3 is 2.62 bits per heavy atom. The van der Waals surface area contributed by atoms with E-state index in [1.165, 1.54) is 16.0 Å². The van der Waals surface area contributed by atoms with Gasteiger partial charge < -0.3 is 5.11 Å².